The summed E-state index contributed by atoms with van der Waals surface area (Å²) in [5.74, 6) is -0.0772. The summed E-state index contributed by atoms with van der Waals surface area (Å²) in [5, 5.41) is 11.9. The average Bonchev–Trinajstić information content (AvgIpc) is 2.94. The third kappa shape index (κ3) is 7.41. The van der Waals surface area contributed by atoms with E-state index >= 15 is 0 Å². The van der Waals surface area contributed by atoms with E-state index in [2.05, 4.69) is 21.3 Å². The van der Waals surface area contributed by atoms with Gasteiger partial charge in [0.05, 0.1) is 17.9 Å². The van der Waals surface area contributed by atoms with Gasteiger partial charge in [0, 0.05) is 22.6 Å². The van der Waals surface area contributed by atoms with Crippen molar-refractivity contribution >= 4 is 51.9 Å². The second kappa shape index (κ2) is 13.0. The van der Waals surface area contributed by atoms with E-state index in [-0.39, 0.29) is 16.9 Å². The summed E-state index contributed by atoms with van der Waals surface area (Å²) in [6.07, 6.45) is 0.869. The highest BCUT2D eigenvalue weighted by atomic mass is 32.1. The lowest BCUT2D eigenvalue weighted by Crippen LogP contribution is -2.34. The molecule has 0 saturated heterocycles. The molecule has 4 rings (SSSR count). The van der Waals surface area contributed by atoms with Crippen molar-refractivity contribution in [3.8, 4) is 5.75 Å². The zero-order chi connectivity index (χ0) is 26.7. The van der Waals surface area contributed by atoms with Gasteiger partial charge < -0.3 is 20.7 Å². The standard InChI is InChI=1S/C30H28N4O3S/c1-2-19-37-25-12-8-9-21(20-25)28(35)34-30(38)33-27-14-7-6-13-26(27)29(36)32-24-17-15-23(16-18-24)31-22-10-4-3-5-11-22/h3-18,20,31H,2,19H2,1H3,(H,32,36)(H2,33,34,35,38). The number of hydrogen-bond donors (Lipinski definition) is 4. The van der Waals surface area contributed by atoms with E-state index in [0.29, 0.717) is 34.9 Å². The van der Waals surface area contributed by atoms with Gasteiger partial charge in [-0.05, 0) is 85.4 Å². The summed E-state index contributed by atoms with van der Waals surface area (Å²) >= 11 is 5.35. The summed E-state index contributed by atoms with van der Waals surface area (Å²) in [4.78, 5) is 25.7. The topological polar surface area (TPSA) is 91.5 Å². The first kappa shape index (κ1) is 26.4. The number of nitrogens with one attached hydrogen (secondary N) is 4. The highest BCUT2D eigenvalue weighted by Gasteiger charge is 2.14. The van der Waals surface area contributed by atoms with Crippen molar-refractivity contribution in [2.45, 2.75) is 13.3 Å². The lowest BCUT2D eigenvalue weighted by Gasteiger charge is -2.14. The maximum absolute atomic E-state index is 13.0. The minimum atomic E-state index is -0.379. The molecular weight excluding hydrogens is 496 g/mol. The minimum absolute atomic E-state index is 0.0754. The number of anilines is 4. The Bertz CT molecular complexity index is 1410. The molecule has 0 aliphatic rings. The number of thiocarbonyl (C=S) groups is 1. The Morgan fingerprint density at radius 3 is 2.18 bits per heavy atom. The van der Waals surface area contributed by atoms with Crippen LogP contribution in [0.5, 0.6) is 5.75 Å². The number of para-hydroxylation sites is 2. The van der Waals surface area contributed by atoms with E-state index in [1.807, 2.05) is 61.5 Å². The molecule has 0 aromatic heterocycles. The molecule has 0 saturated carbocycles. The molecule has 7 nitrogen and oxygen atoms in total. The summed E-state index contributed by atoms with van der Waals surface area (Å²) in [7, 11) is 0. The molecule has 8 heteroatoms. The Kier molecular flexibility index (Phi) is 9.04. The summed E-state index contributed by atoms with van der Waals surface area (Å²) < 4.78 is 5.59. The Morgan fingerprint density at radius 1 is 0.737 bits per heavy atom. The Balaban J connectivity index is 1.37. The van der Waals surface area contributed by atoms with Gasteiger partial charge >= 0.3 is 0 Å². The quantitative estimate of drug-likeness (QED) is 0.185. The predicted molar refractivity (Wildman–Crippen MR) is 156 cm³/mol. The number of benzene rings is 4. The number of ether oxygens (including phenoxy) is 1. The van der Waals surface area contributed by atoms with Crippen LogP contribution in [-0.4, -0.2) is 23.5 Å². The summed E-state index contributed by atoms with van der Waals surface area (Å²) in [6.45, 7) is 2.58. The van der Waals surface area contributed by atoms with Crippen LogP contribution in [0.15, 0.2) is 103 Å². The van der Waals surface area contributed by atoms with Gasteiger partial charge in [0.15, 0.2) is 5.11 Å². The molecule has 0 unspecified atom stereocenters. The molecule has 0 aliphatic carbocycles. The van der Waals surface area contributed by atoms with Crippen LogP contribution in [-0.2, 0) is 0 Å². The molecule has 0 radical (unpaired) electrons. The normalized spacial score (nSPS) is 10.2. The molecule has 0 heterocycles. The van der Waals surface area contributed by atoms with Crippen molar-refractivity contribution in [3.63, 3.8) is 0 Å². The van der Waals surface area contributed by atoms with Crippen LogP contribution in [0.4, 0.5) is 22.7 Å². The van der Waals surface area contributed by atoms with Crippen LogP contribution in [0.1, 0.15) is 34.1 Å². The molecule has 38 heavy (non-hydrogen) atoms. The number of carbonyl (C=O) groups is 2. The first-order valence-corrected chi connectivity index (χ1v) is 12.6. The first-order chi connectivity index (χ1) is 18.5. The molecule has 0 fully saturated rings. The lowest BCUT2D eigenvalue weighted by atomic mass is 10.1. The van der Waals surface area contributed by atoms with Gasteiger partial charge in [0.25, 0.3) is 11.8 Å². The second-order valence-corrected chi connectivity index (χ2v) is 8.76. The molecule has 4 N–H and O–H groups in total. The van der Waals surface area contributed by atoms with Gasteiger partial charge in [-0.25, -0.2) is 0 Å². The van der Waals surface area contributed by atoms with Crippen molar-refractivity contribution in [2.75, 3.05) is 22.6 Å². The van der Waals surface area contributed by atoms with Crippen molar-refractivity contribution < 1.29 is 14.3 Å². The monoisotopic (exact) mass is 524 g/mol. The zero-order valence-electron chi connectivity index (χ0n) is 20.9. The van der Waals surface area contributed by atoms with Crippen LogP contribution in [0, 0.1) is 0 Å². The van der Waals surface area contributed by atoms with Gasteiger partial charge in [-0.3, -0.25) is 14.9 Å². The number of rotatable bonds is 9. The molecule has 0 spiro atoms. The zero-order valence-corrected chi connectivity index (χ0v) is 21.7. The lowest BCUT2D eigenvalue weighted by molar-refractivity contribution is 0.0976. The Labute approximate surface area is 227 Å². The average molecular weight is 525 g/mol. The predicted octanol–water partition coefficient (Wildman–Crippen LogP) is 6.60. The number of amides is 2. The summed E-state index contributed by atoms with van der Waals surface area (Å²) in [6, 6.07) is 31.1. The van der Waals surface area contributed by atoms with Gasteiger partial charge in [-0.2, -0.15) is 0 Å². The molecular formula is C30H28N4O3S. The van der Waals surface area contributed by atoms with E-state index in [1.54, 1.807) is 48.5 Å². The molecule has 4 aromatic rings. The van der Waals surface area contributed by atoms with Crippen LogP contribution >= 0.6 is 12.2 Å². The maximum atomic E-state index is 13.0. The van der Waals surface area contributed by atoms with E-state index in [9.17, 15) is 9.59 Å². The number of hydrogen-bond acceptors (Lipinski definition) is 5. The van der Waals surface area contributed by atoms with Crippen molar-refractivity contribution in [1.82, 2.24) is 5.32 Å². The highest BCUT2D eigenvalue weighted by Crippen LogP contribution is 2.21. The molecule has 0 aliphatic heterocycles. The van der Waals surface area contributed by atoms with Crippen LogP contribution in [0.3, 0.4) is 0 Å². The van der Waals surface area contributed by atoms with Crippen molar-refractivity contribution in [1.29, 1.82) is 0 Å². The van der Waals surface area contributed by atoms with E-state index in [0.717, 1.165) is 17.8 Å². The molecule has 2 amide bonds. The second-order valence-electron chi connectivity index (χ2n) is 8.35. The molecule has 0 atom stereocenters. The third-order valence-electron chi connectivity index (χ3n) is 5.42. The van der Waals surface area contributed by atoms with Gasteiger partial charge in [0.2, 0.25) is 0 Å². The molecule has 192 valence electrons. The van der Waals surface area contributed by atoms with Crippen molar-refractivity contribution in [2.24, 2.45) is 0 Å². The fourth-order valence-electron chi connectivity index (χ4n) is 3.59. The maximum Gasteiger partial charge on any atom is 0.257 e. The minimum Gasteiger partial charge on any atom is -0.494 e. The van der Waals surface area contributed by atoms with Crippen LogP contribution < -0.4 is 26.0 Å². The van der Waals surface area contributed by atoms with Gasteiger partial charge in [-0.15, -0.1) is 0 Å². The summed E-state index contributed by atoms with van der Waals surface area (Å²) in [5.41, 5.74) is 3.79. The van der Waals surface area contributed by atoms with E-state index in [4.69, 9.17) is 17.0 Å². The van der Waals surface area contributed by atoms with Crippen molar-refractivity contribution in [3.05, 3.63) is 114 Å². The third-order valence-corrected chi connectivity index (χ3v) is 5.63. The van der Waals surface area contributed by atoms with E-state index < -0.39 is 0 Å². The van der Waals surface area contributed by atoms with Crippen LogP contribution in [0.25, 0.3) is 0 Å². The Hall–Kier alpha value is -4.69. The SMILES string of the molecule is CCCOc1cccc(C(=O)NC(=S)Nc2ccccc2C(=O)Nc2ccc(Nc3ccccc3)cc2)c1. The fourth-order valence-corrected chi connectivity index (χ4v) is 3.79. The molecule has 0 bridgehead atoms. The Morgan fingerprint density at radius 2 is 1.42 bits per heavy atom. The van der Waals surface area contributed by atoms with Gasteiger partial charge in [-0.1, -0.05) is 43.3 Å². The number of carbonyl (C=O) groups excluding carboxylic acids is 2. The fraction of sp³-hybridized carbons (Fsp3) is 0.100. The first-order valence-electron chi connectivity index (χ1n) is 12.2. The van der Waals surface area contributed by atoms with Crippen LogP contribution in [0.2, 0.25) is 0 Å². The molecule has 4 aromatic carbocycles. The highest BCUT2D eigenvalue weighted by molar-refractivity contribution is 7.80. The smallest absolute Gasteiger partial charge is 0.257 e. The van der Waals surface area contributed by atoms with Gasteiger partial charge in [0.1, 0.15) is 5.75 Å². The van der Waals surface area contributed by atoms with E-state index in [1.165, 1.54) is 0 Å². The largest absolute Gasteiger partial charge is 0.494 e.